The lowest BCUT2D eigenvalue weighted by atomic mass is 10.0. The van der Waals surface area contributed by atoms with Gasteiger partial charge in [-0.25, -0.2) is 13.9 Å². The van der Waals surface area contributed by atoms with E-state index in [4.69, 9.17) is 11.0 Å². The fourth-order valence-electron chi connectivity index (χ4n) is 2.57. The largest absolute Gasteiger partial charge is 0.377 e. The molecule has 0 saturated heterocycles. The topological polar surface area (TPSA) is 109 Å². The van der Waals surface area contributed by atoms with Gasteiger partial charge in [-0.05, 0) is 39.0 Å². The molecule has 0 aliphatic rings. The number of carbonyl (C=O) groups excluding carboxylic acids is 1. The highest BCUT2D eigenvalue weighted by molar-refractivity contribution is 6.02. The van der Waals surface area contributed by atoms with Crippen molar-refractivity contribution in [1.82, 2.24) is 14.6 Å². The number of hydrogen-bond acceptors (Lipinski definition) is 5. The number of aromatic nitrogens is 3. The molecule has 0 aromatic carbocycles. The van der Waals surface area contributed by atoms with Crippen molar-refractivity contribution in [3.8, 4) is 17.2 Å². The first-order valence-electron chi connectivity index (χ1n) is 8.34. The molecule has 0 radical (unpaired) electrons. The van der Waals surface area contributed by atoms with Crippen LogP contribution in [0.25, 0.3) is 16.6 Å². The van der Waals surface area contributed by atoms with Gasteiger partial charge in [0, 0.05) is 23.5 Å². The molecule has 1 amide bonds. The summed E-state index contributed by atoms with van der Waals surface area (Å²) >= 11 is 0. The highest BCUT2D eigenvalue weighted by atomic mass is 19.1. The van der Waals surface area contributed by atoms with E-state index in [1.165, 1.54) is 20.0 Å². The number of primary amides is 1. The molecule has 1 atom stereocenters. The van der Waals surface area contributed by atoms with Crippen LogP contribution in [0.1, 0.15) is 36.8 Å². The highest BCUT2D eigenvalue weighted by Gasteiger charge is 2.27. The van der Waals surface area contributed by atoms with Crippen molar-refractivity contribution in [2.45, 2.75) is 32.5 Å². The van der Waals surface area contributed by atoms with Gasteiger partial charge in [-0.2, -0.15) is 10.4 Å². The van der Waals surface area contributed by atoms with Crippen LogP contribution in [0.2, 0.25) is 0 Å². The molecular weight excluding hydrogens is 347 g/mol. The van der Waals surface area contributed by atoms with E-state index < -0.39 is 17.6 Å². The van der Waals surface area contributed by atoms with Crippen LogP contribution >= 0.6 is 0 Å². The third-order valence-corrected chi connectivity index (χ3v) is 4.50. The van der Waals surface area contributed by atoms with Crippen LogP contribution in [0, 0.1) is 11.3 Å². The first-order valence-corrected chi connectivity index (χ1v) is 8.34. The third kappa shape index (κ3) is 3.58. The Hall–Kier alpha value is -3.47. The summed E-state index contributed by atoms with van der Waals surface area (Å²) in [7, 11) is 0. The normalized spacial score (nSPS) is 12.6. The van der Waals surface area contributed by atoms with E-state index in [1.54, 1.807) is 36.0 Å². The van der Waals surface area contributed by atoms with Gasteiger partial charge in [0.15, 0.2) is 0 Å². The van der Waals surface area contributed by atoms with Gasteiger partial charge in [0.25, 0.3) is 5.91 Å². The van der Waals surface area contributed by atoms with Crippen LogP contribution < -0.4 is 11.1 Å². The number of halogens is 1. The van der Waals surface area contributed by atoms with Crippen molar-refractivity contribution in [3.05, 3.63) is 48.0 Å². The van der Waals surface area contributed by atoms with Gasteiger partial charge in [-0.1, -0.05) is 0 Å². The summed E-state index contributed by atoms with van der Waals surface area (Å²) in [5, 5.41) is 16.2. The Bertz CT molecular complexity index is 1040. The van der Waals surface area contributed by atoms with Crippen LogP contribution in [0.4, 0.5) is 10.1 Å². The molecule has 3 N–H and O–H groups in total. The first-order chi connectivity index (χ1) is 12.7. The predicted molar refractivity (Wildman–Crippen MR) is 99.9 cm³/mol. The van der Waals surface area contributed by atoms with Crippen molar-refractivity contribution < 1.29 is 9.18 Å². The van der Waals surface area contributed by atoms with Gasteiger partial charge in [0.2, 0.25) is 0 Å². The number of hydrogen-bond donors (Lipinski definition) is 2. The molecule has 138 valence electrons. The van der Waals surface area contributed by atoms with E-state index in [9.17, 15) is 9.18 Å². The number of nitrogens with zero attached hydrogens (tertiary/aromatic N) is 4. The van der Waals surface area contributed by atoms with E-state index in [-0.39, 0.29) is 5.56 Å². The Labute approximate surface area is 155 Å². The Morgan fingerprint density at radius 3 is 2.67 bits per heavy atom. The molecule has 0 spiro atoms. The number of rotatable bonds is 5. The van der Waals surface area contributed by atoms with Crippen LogP contribution in [-0.2, 0) is 0 Å². The van der Waals surface area contributed by atoms with E-state index in [2.05, 4.69) is 15.4 Å². The van der Waals surface area contributed by atoms with Crippen molar-refractivity contribution in [3.63, 3.8) is 0 Å². The molecule has 8 heteroatoms. The lowest BCUT2D eigenvalue weighted by Crippen LogP contribution is -2.36. The molecule has 0 bridgehead atoms. The summed E-state index contributed by atoms with van der Waals surface area (Å²) < 4.78 is 15.9. The SMILES string of the molecule is CC(Nc1c(C(N)=O)cnn2cc(-c3ccc(C#N)nc3)cc12)C(C)(C)F. The van der Waals surface area contributed by atoms with Crippen molar-refractivity contribution in [2.75, 3.05) is 5.32 Å². The minimum atomic E-state index is -1.51. The monoisotopic (exact) mass is 366 g/mol. The zero-order chi connectivity index (χ0) is 19.8. The van der Waals surface area contributed by atoms with Gasteiger partial charge in [-0.15, -0.1) is 0 Å². The minimum absolute atomic E-state index is 0.182. The standard InChI is InChI=1S/C19H19FN6O/c1-11(19(2,3)20)25-17-15(18(22)27)9-24-26-10-13(6-16(17)26)12-4-5-14(7-21)23-8-12/h4-6,8-11,25H,1-3H3,(H2,22,27). The smallest absolute Gasteiger partial charge is 0.252 e. The highest BCUT2D eigenvalue weighted by Crippen LogP contribution is 2.30. The molecule has 3 aromatic heterocycles. The summed E-state index contributed by atoms with van der Waals surface area (Å²) in [6.45, 7) is 4.61. The van der Waals surface area contributed by atoms with Crippen LogP contribution in [-0.4, -0.2) is 32.2 Å². The van der Waals surface area contributed by atoms with Crippen molar-refractivity contribution in [1.29, 1.82) is 5.26 Å². The number of pyridine rings is 1. The zero-order valence-corrected chi connectivity index (χ0v) is 15.2. The van der Waals surface area contributed by atoms with Gasteiger partial charge in [0.05, 0.1) is 29.0 Å². The van der Waals surface area contributed by atoms with Crippen LogP contribution in [0.3, 0.4) is 0 Å². The molecule has 0 aliphatic heterocycles. The number of amides is 1. The molecule has 27 heavy (non-hydrogen) atoms. The predicted octanol–water partition coefficient (Wildman–Crippen LogP) is 2.92. The van der Waals surface area contributed by atoms with Gasteiger partial charge in [-0.3, -0.25) is 4.79 Å². The van der Waals surface area contributed by atoms with Crippen molar-refractivity contribution >= 4 is 17.1 Å². The molecule has 3 rings (SSSR count). The third-order valence-electron chi connectivity index (χ3n) is 4.50. The fourth-order valence-corrected chi connectivity index (χ4v) is 2.57. The number of nitriles is 1. The zero-order valence-electron chi connectivity index (χ0n) is 15.2. The number of nitrogens with two attached hydrogens (primary N) is 1. The summed E-state index contributed by atoms with van der Waals surface area (Å²) in [4.78, 5) is 15.9. The Morgan fingerprint density at radius 1 is 1.37 bits per heavy atom. The molecular formula is C19H19FN6O. The number of nitrogens with one attached hydrogen (secondary N) is 1. The molecule has 0 fully saturated rings. The average molecular weight is 366 g/mol. The number of alkyl halides is 1. The maximum absolute atomic E-state index is 14.3. The van der Waals surface area contributed by atoms with E-state index in [0.29, 0.717) is 16.9 Å². The summed E-state index contributed by atoms with van der Waals surface area (Å²) in [5.41, 5.74) is 7.04. The lowest BCUT2D eigenvalue weighted by molar-refractivity contribution is 0.1000. The molecule has 0 saturated carbocycles. The van der Waals surface area contributed by atoms with Gasteiger partial charge < -0.3 is 11.1 Å². The molecule has 3 heterocycles. The van der Waals surface area contributed by atoms with E-state index in [1.807, 2.05) is 12.1 Å². The second kappa shape index (κ2) is 6.68. The second-order valence-electron chi connectivity index (χ2n) is 6.83. The second-order valence-corrected chi connectivity index (χ2v) is 6.83. The average Bonchev–Trinajstić information content (AvgIpc) is 3.05. The van der Waals surface area contributed by atoms with E-state index >= 15 is 0 Å². The Kier molecular flexibility index (Phi) is 4.54. The molecule has 3 aromatic rings. The summed E-state index contributed by atoms with van der Waals surface area (Å²) in [6.07, 6.45) is 4.71. The maximum Gasteiger partial charge on any atom is 0.252 e. The number of carbonyl (C=O) groups is 1. The minimum Gasteiger partial charge on any atom is -0.377 e. The quantitative estimate of drug-likeness (QED) is 0.721. The summed E-state index contributed by atoms with van der Waals surface area (Å²) in [5.74, 6) is -0.654. The van der Waals surface area contributed by atoms with Gasteiger partial charge in [0.1, 0.15) is 17.4 Å². The molecule has 1 unspecified atom stereocenters. The van der Waals surface area contributed by atoms with E-state index in [0.717, 1.165) is 11.1 Å². The number of fused-ring (bicyclic) bond motifs is 1. The van der Waals surface area contributed by atoms with Crippen molar-refractivity contribution in [2.24, 2.45) is 5.73 Å². The van der Waals surface area contributed by atoms with Crippen LogP contribution in [0.15, 0.2) is 36.8 Å². The lowest BCUT2D eigenvalue weighted by Gasteiger charge is -2.26. The first kappa shape index (κ1) is 18.3. The molecule has 7 nitrogen and oxygen atoms in total. The molecule has 0 aliphatic carbocycles. The summed E-state index contributed by atoms with van der Waals surface area (Å²) in [6, 6.07) is 6.60. The van der Waals surface area contributed by atoms with Gasteiger partial charge >= 0.3 is 0 Å². The Balaban J connectivity index is 2.13. The van der Waals surface area contributed by atoms with Crippen LogP contribution in [0.5, 0.6) is 0 Å². The number of anilines is 1. The Morgan fingerprint density at radius 2 is 2.11 bits per heavy atom. The fraction of sp³-hybridized carbons (Fsp3) is 0.263. The maximum atomic E-state index is 14.3.